The lowest BCUT2D eigenvalue weighted by Gasteiger charge is -2.29. The largest absolute Gasteiger partial charge is 0.497 e. The van der Waals surface area contributed by atoms with Crippen LogP contribution in [-0.2, 0) is 11.3 Å². The molecule has 1 aliphatic heterocycles. The summed E-state index contributed by atoms with van der Waals surface area (Å²) in [5, 5.41) is 0. The number of aromatic nitrogens is 1. The SMILES string of the molecule is COc1cccc(-n2c(C)cc(C(=O)N(C)Cc3ccc(N4CCOCC4)cc3)c2C)c1. The van der Waals surface area contributed by atoms with Gasteiger partial charge in [-0.25, -0.2) is 0 Å². The van der Waals surface area contributed by atoms with Crippen LogP contribution in [-0.4, -0.2) is 55.8 Å². The third-order valence-corrected chi connectivity index (χ3v) is 6.05. The zero-order valence-corrected chi connectivity index (χ0v) is 19.3. The van der Waals surface area contributed by atoms with E-state index < -0.39 is 0 Å². The fourth-order valence-electron chi connectivity index (χ4n) is 4.31. The Bertz CT molecular complexity index is 1080. The lowest BCUT2D eigenvalue weighted by Crippen LogP contribution is -2.36. The van der Waals surface area contributed by atoms with Crippen LogP contribution in [0.4, 0.5) is 5.69 Å². The summed E-state index contributed by atoms with van der Waals surface area (Å²) in [6.07, 6.45) is 0. The molecule has 168 valence electrons. The van der Waals surface area contributed by atoms with Crippen LogP contribution in [0.15, 0.2) is 54.6 Å². The Morgan fingerprint density at radius 3 is 2.44 bits per heavy atom. The van der Waals surface area contributed by atoms with Gasteiger partial charge in [0.25, 0.3) is 5.91 Å². The van der Waals surface area contributed by atoms with Gasteiger partial charge in [-0.2, -0.15) is 0 Å². The van der Waals surface area contributed by atoms with E-state index in [1.807, 2.05) is 51.2 Å². The minimum Gasteiger partial charge on any atom is -0.497 e. The number of ether oxygens (including phenoxy) is 2. The standard InChI is InChI=1S/C26H31N3O3/c1-19-16-25(20(2)29(19)23-6-5-7-24(17-23)31-4)26(30)27(3)18-21-8-10-22(11-9-21)28-12-14-32-15-13-28/h5-11,16-17H,12-15,18H2,1-4H3. The van der Waals surface area contributed by atoms with Crippen molar-refractivity contribution < 1.29 is 14.3 Å². The highest BCUT2D eigenvalue weighted by atomic mass is 16.5. The van der Waals surface area contributed by atoms with Crippen LogP contribution >= 0.6 is 0 Å². The third kappa shape index (κ3) is 4.50. The first-order chi connectivity index (χ1) is 15.5. The Morgan fingerprint density at radius 2 is 1.75 bits per heavy atom. The fourth-order valence-corrected chi connectivity index (χ4v) is 4.31. The number of amides is 1. The molecule has 4 rings (SSSR count). The number of morpholine rings is 1. The van der Waals surface area contributed by atoms with E-state index in [4.69, 9.17) is 9.47 Å². The molecule has 1 saturated heterocycles. The molecule has 1 fully saturated rings. The first-order valence-corrected chi connectivity index (χ1v) is 11.0. The summed E-state index contributed by atoms with van der Waals surface area (Å²) < 4.78 is 12.9. The Morgan fingerprint density at radius 1 is 1.03 bits per heavy atom. The van der Waals surface area contributed by atoms with Gasteiger partial charge in [-0.05, 0) is 49.7 Å². The van der Waals surface area contributed by atoms with E-state index in [2.05, 4.69) is 33.7 Å². The van der Waals surface area contributed by atoms with Gasteiger partial charge in [0.1, 0.15) is 5.75 Å². The molecule has 32 heavy (non-hydrogen) atoms. The molecule has 0 aliphatic carbocycles. The van der Waals surface area contributed by atoms with Crippen molar-refractivity contribution in [1.29, 1.82) is 0 Å². The molecule has 2 heterocycles. The topological polar surface area (TPSA) is 46.9 Å². The van der Waals surface area contributed by atoms with Gasteiger partial charge in [-0.1, -0.05) is 18.2 Å². The van der Waals surface area contributed by atoms with E-state index >= 15 is 0 Å². The van der Waals surface area contributed by atoms with Crippen molar-refractivity contribution in [2.24, 2.45) is 0 Å². The minimum absolute atomic E-state index is 0.0181. The average Bonchev–Trinajstić information content (AvgIpc) is 3.13. The van der Waals surface area contributed by atoms with Crippen molar-refractivity contribution in [3.63, 3.8) is 0 Å². The number of carbonyl (C=O) groups is 1. The van der Waals surface area contributed by atoms with Crippen LogP contribution < -0.4 is 9.64 Å². The summed E-state index contributed by atoms with van der Waals surface area (Å²) in [6, 6.07) is 18.3. The second-order valence-electron chi connectivity index (χ2n) is 8.25. The first kappa shape index (κ1) is 22.0. The van der Waals surface area contributed by atoms with Gasteiger partial charge in [0.05, 0.1) is 25.9 Å². The molecule has 0 atom stereocenters. The Kier molecular flexibility index (Phi) is 6.51. The average molecular weight is 434 g/mol. The van der Waals surface area contributed by atoms with Gasteiger partial charge in [0, 0.05) is 55.5 Å². The van der Waals surface area contributed by atoms with Crippen LogP contribution in [0, 0.1) is 13.8 Å². The number of aryl methyl sites for hydroxylation is 1. The molecule has 0 spiro atoms. The van der Waals surface area contributed by atoms with Crippen LogP contribution in [0.2, 0.25) is 0 Å². The Labute approximate surface area is 190 Å². The molecule has 0 radical (unpaired) electrons. The zero-order chi connectivity index (χ0) is 22.7. The maximum absolute atomic E-state index is 13.3. The van der Waals surface area contributed by atoms with E-state index in [9.17, 15) is 4.79 Å². The van der Waals surface area contributed by atoms with Gasteiger partial charge in [0.15, 0.2) is 0 Å². The van der Waals surface area contributed by atoms with Gasteiger partial charge in [-0.3, -0.25) is 4.79 Å². The molecular weight excluding hydrogens is 402 g/mol. The number of hydrogen-bond acceptors (Lipinski definition) is 4. The lowest BCUT2D eigenvalue weighted by molar-refractivity contribution is 0.0784. The maximum atomic E-state index is 13.3. The summed E-state index contributed by atoms with van der Waals surface area (Å²) >= 11 is 0. The van der Waals surface area contributed by atoms with Crippen molar-refractivity contribution in [1.82, 2.24) is 9.47 Å². The van der Waals surface area contributed by atoms with Gasteiger partial charge >= 0.3 is 0 Å². The van der Waals surface area contributed by atoms with Crippen LogP contribution in [0.5, 0.6) is 5.75 Å². The van der Waals surface area contributed by atoms with E-state index in [0.29, 0.717) is 6.54 Å². The predicted molar refractivity (Wildman–Crippen MR) is 127 cm³/mol. The Balaban J connectivity index is 1.49. The highest BCUT2D eigenvalue weighted by Gasteiger charge is 2.20. The van der Waals surface area contributed by atoms with Crippen LogP contribution in [0.1, 0.15) is 27.3 Å². The molecule has 1 amide bonds. The number of anilines is 1. The highest BCUT2D eigenvalue weighted by Crippen LogP contribution is 2.25. The number of methoxy groups -OCH3 is 1. The molecule has 2 aromatic carbocycles. The van der Waals surface area contributed by atoms with Crippen LogP contribution in [0.3, 0.4) is 0 Å². The molecule has 1 aromatic heterocycles. The van der Waals surface area contributed by atoms with Gasteiger partial charge < -0.3 is 23.8 Å². The molecule has 0 N–H and O–H groups in total. The number of benzene rings is 2. The summed E-state index contributed by atoms with van der Waals surface area (Å²) in [6.45, 7) is 7.95. The molecule has 0 unspecified atom stereocenters. The van der Waals surface area contributed by atoms with E-state index in [1.54, 1.807) is 12.0 Å². The number of rotatable bonds is 6. The summed E-state index contributed by atoms with van der Waals surface area (Å²) in [4.78, 5) is 17.4. The van der Waals surface area contributed by atoms with Crippen molar-refractivity contribution >= 4 is 11.6 Å². The predicted octanol–water partition coefficient (Wildman–Crippen LogP) is 4.21. The molecule has 1 aliphatic rings. The third-order valence-electron chi connectivity index (χ3n) is 6.05. The molecule has 6 heteroatoms. The molecule has 3 aromatic rings. The van der Waals surface area contributed by atoms with Gasteiger partial charge in [0.2, 0.25) is 0 Å². The smallest absolute Gasteiger partial charge is 0.255 e. The van der Waals surface area contributed by atoms with Crippen molar-refractivity contribution in [3.05, 3.63) is 77.1 Å². The van der Waals surface area contributed by atoms with E-state index in [-0.39, 0.29) is 5.91 Å². The van der Waals surface area contributed by atoms with Crippen molar-refractivity contribution in [3.8, 4) is 11.4 Å². The Hall–Kier alpha value is -3.25. The molecule has 0 saturated carbocycles. The fraction of sp³-hybridized carbons (Fsp3) is 0.346. The lowest BCUT2D eigenvalue weighted by atomic mass is 10.1. The normalized spacial score (nSPS) is 13.8. The van der Waals surface area contributed by atoms with Crippen molar-refractivity contribution in [2.45, 2.75) is 20.4 Å². The quantitative estimate of drug-likeness (QED) is 0.584. The number of nitrogens with zero attached hydrogens (tertiary/aromatic N) is 3. The maximum Gasteiger partial charge on any atom is 0.255 e. The monoisotopic (exact) mass is 433 g/mol. The van der Waals surface area contributed by atoms with Crippen LogP contribution in [0.25, 0.3) is 5.69 Å². The number of hydrogen-bond donors (Lipinski definition) is 0. The summed E-state index contributed by atoms with van der Waals surface area (Å²) in [7, 11) is 3.52. The zero-order valence-electron chi connectivity index (χ0n) is 19.3. The second-order valence-corrected chi connectivity index (χ2v) is 8.25. The van der Waals surface area contributed by atoms with E-state index in [0.717, 1.165) is 60.3 Å². The van der Waals surface area contributed by atoms with Gasteiger partial charge in [-0.15, -0.1) is 0 Å². The summed E-state index contributed by atoms with van der Waals surface area (Å²) in [5.41, 5.74) is 5.96. The first-order valence-electron chi connectivity index (χ1n) is 11.0. The molecule has 6 nitrogen and oxygen atoms in total. The second kappa shape index (κ2) is 9.49. The molecular formula is C26H31N3O3. The van der Waals surface area contributed by atoms with E-state index in [1.165, 1.54) is 5.69 Å². The minimum atomic E-state index is 0.0181. The summed E-state index contributed by atoms with van der Waals surface area (Å²) in [5.74, 6) is 0.810. The number of carbonyl (C=O) groups excluding carboxylic acids is 1. The van der Waals surface area contributed by atoms with Crippen molar-refractivity contribution in [2.75, 3.05) is 45.4 Å². The highest BCUT2D eigenvalue weighted by molar-refractivity contribution is 5.95. The molecule has 0 bridgehead atoms.